The van der Waals surface area contributed by atoms with E-state index < -0.39 is 25.1 Å². The number of aromatic hydroxyl groups is 2. The Hall–Kier alpha value is -17.3. The molecule has 12 heterocycles. The average molecular weight is 2080 g/mol. The summed E-state index contributed by atoms with van der Waals surface area (Å²) < 4.78 is 54.2. The van der Waals surface area contributed by atoms with Crippen molar-refractivity contribution in [2.75, 3.05) is 62.7 Å². The average Bonchev–Trinajstić information content (AvgIpc) is 1.60. The standard InChI is InChI=1S/C25H22N4O3.C24H26N4O3S.C22H17N5O2.C22H24N4O3S2.C19H16N4O2S/c1-2-25(12-11-21(30)29-24(25)32)15-5-7-16(8-6-15)27-14-18-22-17-4-3-13-26-19(17)9-10-20(22)28-23(18)31;1-3-28(4-2)14-15-32(30,31)18-9-7-17(8-10-18)26-16-20-23-19-6-5-13-25-21(19)11-12-22(23)27-24(20)29;1-13-11-20(28)26-27(13)15-6-4-14(5-7-15)24-12-17-21-16-3-2-10-23-18(16)8-9-19(21)25-22(17)29;1-3-26(4-2)11-12-31(28,29)16-7-5-15(6-8-16)23-13-17-20-18(25-22(17)27)9-10-19-21(20)30-14-24-19;1-11(24)23(2)13-5-3-12(4-6-13)20-9-14-17-15(22-19(14)25)7-8-16-18(17)26-10-21-16/h3-10,13-14,26H,2,11-12H2,1H3,(H,28,31)(H,29,30,32);5-13,16,25H,3-4,14-15H2,1-2H3,(H,27,29);2-12,23H,1H3,(H,25,29)(H,26,28);5-10,13-14,25,27H,3-4,11-12H2,1-2H3;3-10,22,25H,1-2H3. The predicted octanol–water partition coefficient (Wildman–Crippen LogP) is 19.8. The normalized spacial score (nSPS) is 13.6. The minimum atomic E-state index is -3.36. The van der Waals surface area contributed by atoms with Crippen molar-refractivity contribution < 1.29 is 41.4 Å². The topological polar surface area (TPSA) is 485 Å². The van der Waals surface area contributed by atoms with Gasteiger partial charge in [-0.3, -0.25) is 73.6 Å². The molecule has 3 amide bonds. The third kappa shape index (κ3) is 21.9. The van der Waals surface area contributed by atoms with Gasteiger partial charge in [-0.25, -0.2) is 26.8 Å². The third-order valence-electron chi connectivity index (χ3n) is 26.8. The molecule has 38 heteroatoms. The number of imide groups is 1. The number of hydrogen-bond acceptors (Lipinski definition) is 24. The number of carbonyl (C=O) groups is 3. The maximum atomic E-state index is 12.6. The Morgan fingerprint density at radius 3 is 1.16 bits per heavy atom. The molecule has 760 valence electrons. The number of sulfone groups is 2. The second kappa shape index (κ2) is 44.6. The largest absolute Gasteiger partial charge is 0.494 e. The maximum Gasteiger partial charge on any atom is 0.264 e. The van der Waals surface area contributed by atoms with Crippen LogP contribution in [0.2, 0.25) is 0 Å². The summed E-state index contributed by atoms with van der Waals surface area (Å²) >= 11 is 3.04. The Morgan fingerprint density at radius 1 is 0.447 bits per heavy atom. The number of carbonyl (C=O) groups excluding carboxylic acids is 3. The highest BCUT2D eigenvalue weighted by atomic mass is 32.2. The third-order valence-corrected chi connectivity index (χ3v) is 32.0. The van der Waals surface area contributed by atoms with Gasteiger partial charge in [0, 0.05) is 177 Å². The Balaban J connectivity index is 0.000000123. The van der Waals surface area contributed by atoms with Crippen LogP contribution in [0.25, 0.3) is 113 Å². The summed E-state index contributed by atoms with van der Waals surface area (Å²) in [4.78, 5) is 146. The molecule has 1 saturated heterocycles. The smallest absolute Gasteiger partial charge is 0.264 e. The molecule has 1 unspecified atom stereocenters. The summed E-state index contributed by atoms with van der Waals surface area (Å²) in [6, 6.07) is 67.4. The highest BCUT2D eigenvalue weighted by Crippen LogP contribution is 2.41. The fourth-order valence-corrected chi connectivity index (χ4v) is 22.6. The van der Waals surface area contributed by atoms with Crippen LogP contribution in [-0.4, -0.2) is 203 Å². The SMILES string of the molecule is CC(=O)N(C)c1ccc(N=Cc2c(O)[nH]c3ccc4ncsc4c23)cc1.CCC1(c2ccc(N=Cc3c(=O)[nH]c4ccc5[nH]cccc5c34)cc2)CCC(=O)NC1=O.CCN(CC)CCS(=O)(=O)c1ccc(N=Cc2c(=O)[nH]c3ccc4[nH]cccc4c23)cc1.CCN(CC)CCS(=O)(=O)c1ccc(N=Cc2c(O)[nH]c3ccc4ncsc4c23)cc1.Cc1cc(=O)[nH]n1-c1ccc(N=Cc2c(=O)[nH]c3ccc4[nH]cccc4c23)cc1. The summed E-state index contributed by atoms with van der Waals surface area (Å²) in [7, 11) is -4.98. The van der Waals surface area contributed by atoms with Crippen molar-refractivity contribution in [3.8, 4) is 17.4 Å². The molecular weight excluding hydrogens is 1980 g/mol. The van der Waals surface area contributed by atoms with E-state index in [1.807, 2.05) is 230 Å². The minimum Gasteiger partial charge on any atom is -0.494 e. The molecule has 0 saturated carbocycles. The first-order valence-corrected chi connectivity index (χ1v) is 53.6. The summed E-state index contributed by atoms with van der Waals surface area (Å²) in [6.07, 6.45) is 14.9. The molecule has 34 nitrogen and oxygen atoms in total. The van der Waals surface area contributed by atoms with Crippen LogP contribution >= 0.6 is 22.7 Å². The number of anilines is 1. The summed E-state index contributed by atoms with van der Waals surface area (Å²) in [5.41, 5.74) is 20.0. The lowest BCUT2D eigenvalue weighted by Crippen LogP contribution is -2.51. The number of thiazole rings is 2. The number of H-pyrrole nitrogens is 9. The number of rotatable bonds is 26. The molecule has 21 aromatic rings. The lowest BCUT2D eigenvalue weighted by molar-refractivity contribution is -0.138. The number of fused-ring (bicyclic) bond motifs is 15. The molecule has 0 radical (unpaired) electrons. The van der Waals surface area contributed by atoms with E-state index in [9.17, 15) is 60.6 Å². The molecule has 150 heavy (non-hydrogen) atoms. The number of benzene rings is 10. The van der Waals surface area contributed by atoms with Crippen molar-refractivity contribution in [3.63, 3.8) is 0 Å². The van der Waals surface area contributed by atoms with Gasteiger partial charge in [0.05, 0.1) is 131 Å². The molecule has 12 N–H and O–H groups in total. The molecule has 0 aliphatic carbocycles. The van der Waals surface area contributed by atoms with E-state index in [0.717, 1.165) is 162 Å². The van der Waals surface area contributed by atoms with Crippen LogP contribution in [0.15, 0.2) is 308 Å². The summed E-state index contributed by atoms with van der Waals surface area (Å²) in [6.45, 7) is 17.7. The summed E-state index contributed by atoms with van der Waals surface area (Å²) in [5, 5.41) is 33.0. The second-order valence-corrected chi connectivity index (χ2v) is 41.6. The monoisotopic (exact) mass is 2080 g/mol. The number of pyridine rings is 3. The Bertz CT molecular complexity index is 9340. The molecule has 0 bridgehead atoms. The van der Waals surface area contributed by atoms with Crippen LogP contribution in [0.1, 0.15) is 99.9 Å². The van der Waals surface area contributed by atoms with E-state index in [1.54, 1.807) is 107 Å². The lowest BCUT2D eigenvalue weighted by Gasteiger charge is -2.34. The predicted molar refractivity (Wildman–Crippen MR) is 602 cm³/mol. The number of piperidine rings is 1. The first-order chi connectivity index (χ1) is 72.5. The fourth-order valence-electron chi connectivity index (χ4n) is 18.3. The number of aromatic nitrogens is 12. The van der Waals surface area contributed by atoms with E-state index in [2.05, 4.69) is 95.0 Å². The van der Waals surface area contributed by atoms with Crippen LogP contribution < -0.4 is 32.5 Å². The number of aryl methyl sites for hydroxylation is 1. The highest BCUT2D eigenvalue weighted by Gasteiger charge is 2.43. The fraction of sp³-hybridized carbons (Fsp3) is 0.179. The van der Waals surface area contributed by atoms with E-state index in [0.29, 0.717) is 87.8 Å². The van der Waals surface area contributed by atoms with Gasteiger partial charge in [0.15, 0.2) is 31.4 Å². The van der Waals surface area contributed by atoms with E-state index >= 15 is 0 Å². The number of aliphatic imine (C=N–C) groups is 5. The number of amides is 3. The molecule has 10 aromatic carbocycles. The van der Waals surface area contributed by atoms with Gasteiger partial charge in [0.2, 0.25) is 17.7 Å². The summed E-state index contributed by atoms with van der Waals surface area (Å²) in [5.74, 6) is -0.211. The highest BCUT2D eigenvalue weighted by molar-refractivity contribution is 7.91. The van der Waals surface area contributed by atoms with E-state index in [1.165, 1.54) is 35.8 Å². The zero-order valence-corrected chi connectivity index (χ0v) is 86.1. The molecular formula is C112H105N21O13S4. The van der Waals surface area contributed by atoms with Gasteiger partial charge in [0.25, 0.3) is 22.2 Å². The number of nitrogens with zero attached hydrogens (tertiary/aromatic N) is 11. The van der Waals surface area contributed by atoms with Gasteiger partial charge >= 0.3 is 0 Å². The zero-order chi connectivity index (χ0) is 105. The van der Waals surface area contributed by atoms with Crippen molar-refractivity contribution in [1.82, 2.24) is 74.7 Å². The quantitative estimate of drug-likeness (QED) is 0.0177. The van der Waals surface area contributed by atoms with E-state index in [-0.39, 0.29) is 68.1 Å². The van der Waals surface area contributed by atoms with Crippen LogP contribution in [0.4, 0.5) is 34.1 Å². The van der Waals surface area contributed by atoms with Crippen LogP contribution in [-0.2, 0) is 39.5 Å². The van der Waals surface area contributed by atoms with Gasteiger partial charge in [-0.05, 0) is 240 Å². The number of hydrogen-bond donors (Lipinski definition) is 12. The lowest BCUT2D eigenvalue weighted by atomic mass is 9.72. The van der Waals surface area contributed by atoms with Gasteiger partial charge in [0.1, 0.15) is 0 Å². The van der Waals surface area contributed by atoms with Crippen LogP contribution in [0, 0.1) is 6.92 Å². The second-order valence-electron chi connectivity index (χ2n) is 35.7. The van der Waals surface area contributed by atoms with Crippen LogP contribution in [0.5, 0.6) is 11.8 Å². The van der Waals surface area contributed by atoms with Gasteiger partial charge in [-0.15, -0.1) is 22.7 Å². The maximum absolute atomic E-state index is 12.6. The first-order valence-electron chi connectivity index (χ1n) is 48.5. The number of aromatic amines is 9. The van der Waals surface area contributed by atoms with Gasteiger partial charge in [-0.2, -0.15) is 0 Å². The Morgan fingerprint density at radius 2 is 0.800 bits per heavy atom. The molecule has 1 aliphatic heterocycles. The van der Waals surface area contributed by atoms with Gasteiger partial charge in [-0.1, -0.05) is 65.0 Å². The van der Waals surface area contributed by atoms with E-state index in [4.69, 9.17) is 0 Å². The van der Waals surface area contributed by atoms with Crippen molar-refractivity contribution >= 4 is 233 Å². The van der Waals surface area contributed by atoms with Crippen molar-refractivity contribution in [2.24, 2.45) is 25.0 Å². The molecule has 22 rings (SSSR count). The number of nitrogens with one attached hydrogen (secondary N) is 10. The molecule has 1 fully saturated rings. The molecule has 1 aliphatic rings. The minimum absolute atomic E-state index is 0.0291. The Labute approximate surface area is 865 Å². The van der Waals surface area contributed by atoms with Crippen molar-refractivity contribution in [1.29, 1.82) is 0 Å². The van der Waals surface area contributed by atoms with Gasteiger partial charge < -0.3 is 64.8 Å². The van der Waals surface area contributed by atoms with Crippen molar-refractivity contribution in [3.05, 3.63) is 335 Å². The van der Waals surface area contributed by atoms with Crippen LogP contribution in [0.3, 0.4) is 0 Å². The van der Waals surface area contributed by atoms with Crippen molar-refractivity contribution in [2.45, 2.75) is 82.9 Å². The molecule has 1 atom stereocenters. The Kier molecular flexibility index (Phi) is 30.5. The molecule has 11 aromatic heterocycles. The zero-order valence-electron chi connectivity index (χ0n) is 82.9. The molecule has 0 spiro atoms. The first kappa shape index (κ1) is 103.